The molecule has 1 aromatic carbocycles. The molecular weight excluding hydrogens is 350 g/mol. The molecule has 5 nitrogen and oxygen atoms in total. The Morgan fingerprint density at radius 1 is 1.12 bits per heavy atom. The van der Waals surface area contributed by atoms with Gasteiger partial charge in [0.05, 0.1) is 24.4 Å². The number of furan rings is 1. The van der Waals surface area contributed by atoms with Crippen LogP contribution in [0, 0.1) is 0 Å². The molecule has 1 amide bonds. The van der Waals surface area contributed by atoms with Crippen LogP contribution in [0.1, 0.15) is 27.0 Å². The van der Waals surface area contributed by atoms with Gasteiger partial charge in [-0.05, 0) is 29.1 Å². The van der Waals surface area contributed by atoms with Crippen LogP contribution in [0.15, 0.2) is 82.0 Å². The number of hydrogen-bond donors (Lipinski definition) is 1. The van der Waals surface area contributed by atoms with Gasteiger partial charge in [-0.2, -0.15) is 0 Å². The first-order valence-electron chi connectivity index (χ1n) is 8.06. The van der Waals surface area contributed by atoms with Crippen molar-refractivity contribution in [2.45, 2.75) is 12.6 Å². The topological polar surface area (TPSA) is 70.8 Å². The smallest absolute Gasteiger partial charge is 0.290 e. The molecule has 4 rings (SSSR count). The molecule has 0 bridgehead atoms. The maximum absolute atomic E-state index is 12.9. The third kappa shape index (κ3) is 2.74. The fourth-order valence-corrected chi connectivity index (χ4v) is 3.84. The molecule has 0 spiro atoms. The normalized spacial score (nSPS) is 17.2. The summed E-state index contributed by atoms with van der Waals surface area (Å²) in [6.07, 6.45) is 1.39. The van der Waals surface area contributed by atoms with E-state index < -0.39 is 23.5 Å². The van der Waals surface area contributed by atoms with Gasteiger partial charge in [0, 0.05) is 4.88 Å². The minimum atomic E-state index is -0.664. The number of aliphatic hydroxyl groups excluding tert-OH is 1. The van der Waals surface area contributed by atoms with Crippen molar-refractivity contribution in [2.75, 3.05) is 0 Å². The highest BCUT2D eigenvalue weighted by molar-refractivity contribution is 7.09. The number of carbonyl (C=O) groups excluding carboxylic acids is 2. The third-order valence-electron chi connectivity index (χ3n) is 4.31. The molecule has 1 aliphatic rings. The van der Waals surface area contributed by atoms with E-state index in [1.54, 1.807) is 6.07 Å². The Kier molecular flexibility index (Phi) is 4.18. The second-order valence-electron chi connectivity index (χ2n) is 5.89. The van der Waals surface area contributed by atoms with E-state index in [2.05, 4.69) is 0 Å². The molecule has 1 aliphatic heterocycles. The number of carbonyl (C=O) groups is 2. The van der Waals surface area contributed by atoms with Gasteiger partial charge in [-0.25, -0.2) is 0 Å². The van der Waals surface area contributed by atoms with E-state index in [1.165, 1.54) is 28.6 Å². The first kappa shape index (κ1) is 16.4. The number of hydrogen-bond acceptors (Lipinski definition) is 5. The number of ketones is 1. The number of rotatable bonds is 5. The average molecular weight is 365 g/mol. The van der Waals surface area contributed by atoms with E-state index in [0.717, 1.165) is 10.4 Å². The van der Waals surface area contributed by atoms with Crippen molar-refractivity contribution in [3.05, 3.63) is 93.8 Å². The van der Waals surface area contributed by atoms with Crippen molar-refractivity contribution in [1.29, 1.82) is 0 Å². The Morgan fingerprint density at radius 2 is 1.92 bits per heavy atom. The summed E-state index contributed by atoms with van der Waals surface area (Å²) in [7, 11) is 0. The molecule has 1 N–H and O–H groups in total. The molecule has 0 fully saturated rings. The van der Waals surface area contributed by atoms with Gasteiger partial charge >= 0.3 is 0 Å². The van der Waals surface area contributed by atoms with Crippen molar-refractivity contribution in [3.63, 3.8) is 0 Å². The molecule has 26 heavy (non-hydrogen) atoms. The zero-order valence-electron chi connectivity index (χ0n) is 13.7. The molecule has 1 unspecified atom stereocenters. The quantitative estimate of drug-likeness (QED) is 0.691. The average Bonchev–Trinajstić information content (AvgIpc) is 3.40. The lowest BCUT2D eigenvalue weighted by Crippen LogP contribution is -2.30. The summed E-state index contributed by atoms with van der Waals surface area (Å²) in [5.41, 5.74) is 0.809. The second-order valence-corrected chi connectivity index (χ2v) is 6.93. The van der Waals surface area contributed by atoms with Crippen LogP contribution in [-0.2, 0) is 11.3 Å². The fraction of sp³-hybridized carbons (Fsp3) is 0.100. The van der Waals surface area contributed by atoms with Crippen molar-refractivity contribution in [2.24, 2.45) is 0 Å². The summed E-state index contributed by atoms with van der Waals surface area (Å²) in [5, 5.41) is 12.4. The Morgan fingerprint density at radius 3 is 2.58 bits per heavy atom. The van der Waals surface area contributed by atoms with Gasteiger partial charge in [0.2, 0.25) is 5.78 Å². The maximum Gasteiger partial charge on any atom is 0.290 e. The van der Waals surface area contributed by atoms with Crippen molar-refractivity contribution < 1.29 is 19.1 Å². The van der Waals surface area contributed by atoms with E-state index in [-0.39, 0.29) is 11.3 Å². The van der Waals surface area contributed by atoms with Crippen LogP contribution in [0.4, 0.5) is 0 Å². The fourth-order valence-electron chi connectivity index (χ4n) is 3.14. The molecule has 6 heteroatoms. The van der Waals surface area contributed by atoms with E-state index in [0.29, 0.717) is 6.54 Å². The number of thiophene rings is 1. The predicted octanol–water partition coefficient (Wildman–Crippen LogP) is 4.12. The first-order valence-corrected chi connectivity index (χ1v) is 8.94. The number of nitrogens with zero attached hydrogens (tertiary/aromatic N) is 1. The molecule has 130 valence electrons. The summed E-state index contributed by atoms with van der Waals surface area (Å²) in [6, 6.07) is 15.5. The predicted molar refractivity (Wildman–Crippen MR) is 96.7 cm³/mol. The molecule has 0 radical (unpaired) electrons. The lowest BCUT2D eigenvalue weighted by Gasteiger charge is -2.26. The number of Topliss-reactive ketones (excluding diaryl/α,β-unsaturated/α-hetero) is 1. The number of aliphatic hydroxyl groups is 1. The summed E-state index contributed by atoms with van der Waals surface area (Å²) < 4.78 is 5.19. The minimum absolute atomic E-state index is 0.0488. The van der Waals surface area contributed by atoms with E-state index in [9.17, 15) is 14.7 Å². The molecule has 3 aromatic rings. The third-order valence-corrected chi connectivity index (χ3v) is 5.18. The molecule has 1 atom stereocenters. The van der Waals surface area contributed by atoms with Crippen LogP contribution in [0.3, 0.4) is 0 Å². The summed E-state index contributed by atoms with van der Waals surface area (Å²) >= 11 is 1.52. The molecule has 0 saturated heterocycles. The van der Waals surface area contributed by atoms with Gasteiger partial charge in [0.15, 0.2) is 11.5 Å². The Hall–Kier alpha value is -3.12. The maximum atomic E-state index is 12.9. The summed E-state index contributed by atoms with van der Waals surface area (Å²) in [6.45, 7) is 0.315. The monoisotopic (exact) mass is 365 g/mol. The van der Waals surface area contributed by atoms with Crippen LogP contribution < -0.4 is 0 Å². The molecule has 2 aromatic heterocycles. The zero-order chi connectivity index (χ0) is 18.1. The Bertz CT molecular complexity index is 959. The van der Waals surface area contributed by atoms with Gasteiger partial charge in [0.25, 0.3) is 5.91 Å². The molecule has 0 saturated carbocycles. The van der Waals surface area contributed by atoms with E-state index in [1.807, 2.05) is 47.8 Å². The number of amides is 1. The zero-order valence-corrected chi connectivity index (χ0v) is 14.5. The highest BCUT2D eigenvalue weighted by atomic mass is 32.1. The lowest BCUT2D eigenvalue weighted by atomic mass is 9.95. The van der Waals surface area contributed by atoms with Crippen LogP contribution >= 0.6 is 11.3 Å². The van der Waals surface area contributed by atoms with Gasteiger partial charge in [-0.15, -0.1) is 11.3 Å². The van der Waals surface area contributed by atoms with Crippen molar-refractivity contribution in [3.8, 4) is 0 Å². The highest BCUT2D eigenvalue weighted by Gasteiger charge is 2.44. The molecule has 0 aliphatic carbocycles. The van der Waals surface area contributed by atoms with Crippen LogP contribution in [0.5, 0.6) is 0 Å². The largest absolute Gasteiger partial charge is 0.503 e. The Labute approximate surface area is 153 Å². The Balaban J connectivity index is 1.80. The summed E-state index contributed by atoms with van der Waals surface area (Å²) in [4.78, 5) is 28.1. The van der Waals surface area contributed by atoms with Crippen LogP contribution in [-0.4, -0.2) is 21.7 Å². The van der Waals surface area contributed by atoms with Gasteiger partial charge in [0.1, 0.15) is 0 Å². The molecular formula is C20H15NO4S. The minimum Gasteiger partial charge on any atom is -0.503 e. The van der Waals surface area contributed by atoms with Crippen LogP contribution in [0.2, 0.25) is 0 Å². The first-order chi connectivity index (χ1) is 12.7. The van der Waals surface area contributed by atoms with Crippen LogP contribution in [0.25, 0.3) is 0 Å². The lowest BCUT2D eigenvalue weighted by molar-refractivity contribution is -0.130. The SMILES string of the molecule is O=C(C1=C(O)C(=O)N(Cc2cccs2)C1c1ccccc1)c1ccco1. The van der Waals surface area contributed by atoms with E-state index >= 15 is 0 Å². The molecule has 3 heterocycles. The van der Waals surface area contributed by atoms with Gasteiger partial charge in [-0.3, -0.25) is 9.59 Å². The number of benzene rings is 1. The standard InChI is InChI=1S/C20H15NO4S/c22-18(15-9-4-10-25-15)16-17(13-6-2-1-3-7-13)21(20(24)19(16)23)12-14-8-5-11-26-14/h1-11,17,23H,12H2. The summed E-state index contributed by atoms with van der Waals surface area (Å²) in [5.74, 6) is -1.46. The van der Waals surface area contributed by atoms with Crippen molar-refractivity contribution in [1.82, 2.24) is 4.90 Å². The second kappa shape index (κ2) is 6.65. The highest BCUT2D eigenvalue weighted by Crippen LogP contribution is 2.40. The van der Waals surface area contributed by atoms with Gasteiger partial charge < -0.3 is 14.4 Å². The van der Waals surface area contributed by atoms with E-state index in [4.69, 9.17) is 4.42 Å². The van der Waals surface area contributed by atoms with Gasteiger partial charge in [-0.1, -0.05) is 36.4 Å². The van der Waals surface area contributed by atoms with Crippen molar-refractivity contribution >= 4 is 23.0 Å².